The van der Waals surface area contributed by atoms with Crippen molar-refractivity contribution < 1.29 is 14.5 Å². The molecule has 0 aliphatic carbocycles. The molecule has 7 heteroatoms. The van der Waals surface area contributed by atoms with Gasteiger partial charge in [0.05, 0.1) is 11.3 Å². The van der Waals surface area contributed by atoms with Gasteiger partial charge in [0.2, 0.25) is 11.8 Å². The Morgan fingerprint density at radius 3 is 2.33 bits per heavy atom. The lowest BCUT2D eigenvalue weighted by Crippen LogP contribution is -2.49. The standard InChI is InChI=1S/C23H29N3O4/c1-5-17(3)24-23(28)18(4)25(15-19-12-10-16(2)11-13-19)22(27)14-20-8-6-7-9-21(20)26(29)30/h6-13,17-18H,5,14-15H2,1-4H3,(H,24,28)/t17-,18-/m0/s1. The smallest absolute Gasteiger partial charge is 0.273 e. The molecule has 2 rings (SSSR count). The van der Waals surface area contributed by atoms with Crippen LogP contribution in [0.4, 0.5) is 5.69 Å². The van der Waals surface area contributed by atoms with Crippen molar-refractivity contribution in [2.75, 3.05) is 0 Å². The topological polar surface area (TPSA) is 92.6 Å². The van der Waals surface area contributed by atoms with E-state index in [1.165, 1.54) is 11.0 Å². The molecule has 0 aromatic heterocycles. The molecule has 0 aliphatic rings. The highest BCUT2D eigenvalue weighted by atomic mass is 16.6. The molecule has 0 saturated heterocycles. The molecule has 0 bridgehead atoms. The SMILES string of the molecule is CC[C@H](C)NC(=O)[C@H](C)N(Cc1ccc(C)cc1)C(=O)Cc1ccccc1[N+](=O)[O-]. The second kappa shape index (κ2) is 10.5. The predicted molar refractivity (Wildman–Crippen MR) is 116 cm³/mol. The molecule has 0 aliphatic heterocycles. The Morgan fingerprint density at radius 2 is 1.73 bits per heavy atom. The van der Waals surface area contributed by atoms with Gasteiger partial charge >= 0.3 is 0 Å². The summed E-state index contributed by atoms with van der Waals surface area (Å²) in [6, 6.07) is 13.2. The van der Waals surface area contributed by atoms with Crippen LogP contribution in [0.25, 0.3) is 0 Å². The van der Waals surface area contributed by atoms with Crippen LogP contribution in [0.1, 0.15) is 43.9 Å². The van der Waals surface area contributed by atoms with Crippen LogP contribution in [-0.2, 0) is 22.6 Å². The Balaban J connectivity index is 2.29. The Hall–Kier alpha value is -3.22. The third kappa shape index (κ3) is 6.14. The van der Waals surface area contributed by atoms with Crippen molar-refractivity contribution in [1.29, 1.82) is 0 Å². The average molecular weight is 412 g/mol. The zero-order valence-electron chi connectivity index (χ0n) is 17.9. The molecule has 2 aromatic rings. The van der Waals surface area contributed by atoms with Gasteiger partial charge in [0, 0.05) is 24.2 Å². The number of amides is 2. The van der Waals surface area contributed by atoms with Crippen molar-refractivity contribution in [1.82, 2.24) is 10.2 Å². The van der Waals surface area contributed by atoms with Crippen LogP contribution >= 0.6 is 0 Å². The predicted octanol–water partition coefficient (Wildman–Crippen LogP) is 3.78. The monoisotopic (exact) mass is 411 g/mol. The van der Waals surface area contributed by atoms with Crippen molar-refractivity contribution in [3.05, 3.63) is 75.3 Å². The summed E-state index contributed by atoms with van der Waals surface area (Å²) >= 11 is 0. The maximum atomic E-state index is 13.2. The quantitative estimate of drug-likeness (QED) is 0.502. The molecular formula is C23H29N3O4. The summed E-state index contributed by atoms with van der Waals surface area (Å²) in [7, 11) is 0. The molecule has 0 saturated carbocycles. The lowest BCUT2D eigenvalue weighted by molar-refractivity contribution is -0.385. The van der Waals surface area contributed by atoms with Gasteiger partial charge in [-0.2, -0.15) is 0 Å². The molecular weight excluding hydrogens is 382 g/mol. The lowest BCUT2D eigenvalue weighted by atomic mass is 10.1. The van der Waals surface area contributed by atoms with Gasteiger partial charge in [0.25, 0.3) is 5.69 Å². The largest absolute Gasteiger partial charge is 0.352 e. The minimum absolute atomic E-state index is 0.00788. The fraction of sp³-hybridized carbons (Fsp3) is 0.391. The van der Waals surface area contributed by atoms with Crippen molar-refractivity contribution in [2.24, 2.45) is 0 Å². The van der Waals surface area contributed by atoms with Crippen molar-refractivity contribution >= 4 is 17.5 Å². The number of nitrogens with one attached hydrogen (secondary N) is 1. The normalized spacial score (nSPS) is 12.7. The van der Waals surface area contributed by atoms with Crippen molar-refractivity contribution in [3.63, 3.8) is 0 Å². The van der Waals surface area contributed by atoms with Crippen LogP contribution in [0.2, 0.25) is 0 Å². The van der Waals surface area contributed by atoms with Gasteiger partial charge in [-0.05, 0) is 32.8 Å². The molecule has 0 spiro atoms. The van der Waals surface area contributed by atoms with E-state index in [-0.39, 0.29) is 36.5 Å². The molecule has 0 radical (unpaired) electrons. The molecule has 2 aromatic carbocycles. The summed E-state index contributed by atoms with van der Waals surface area (Å²) in [4.78, 5) is 38.2. The zero-order valence-corrected chi connectivity index (χ0v) is 17.9. The summed E-state index contributed by atoms with van der Waals surface area (Å²) in [5.41, 5.74) is 2.22. The Labute approximate surface area is 177 Å². The number of nitro benzene ring substituents is 1. The molecule has 0 unspecified atom stereocenters. The second-order valence-corrected chi connectivity index (χ2v) is 7.56. The van der Waals surface area contributed by atoms with Crippen LogP contribution < -0.4 is 5.32 Å². The highest BCUT2D eigenvalue weighted by Crippen LogP contribution is 2.20. The lowest BCUT2D eigenvalue weighted by Gasteiger charge is -2.29. The summed E-state index contributed by atoms with van der Waals surface area (Å²) < 4.78 is 0. The van der Waals surface area contributed by atoms with Crippen molar-refractivity contribution in [2.45, 2.75) is 59.2 Å². The third-order valence-corrected chi connectivity index (χ3v) is 5.17. The summed E-state index contributed by atoms with van der Waals surface area (Å²) in [6.45, 7) is 7.78. The molecule has 7 nitrogen and oxygen atoms in total. The van der Waals surface area contributed by atoms with E-state index in [4.69, 9.17) is 0 Å². The number of aryl methyl sites for hydroxylation is 1. The Bertz CT molecular complexity index is 896. The van der Waals surface area contributed by atoms with Crippen LogP contribution in [-0.4, -0.2) is 33.7 Å². The molecule has 2 atom stereocenters. The van der Waals surface area contributed by atoms with E-state index in [0.29, 0.717) is 5.56 Å². The maximum absolute atomic E-state index is 13.2. The number of hydrogen-bond acceptors (Lipinski definition) is 4. The van der Waals surface area contributed by atoms with E-state index in [2.05, 4.69) is 5.32 Å². The minimum Gasteiger partial charge on any atom is -0.352 e. The highest BCUT2D eigenvalue weighted by molar-refractivity contribution is 5.88. The maximum Gasteiger partial charge on any atom is 0.273 e. The second-order valence-electron chi connectivity index (χ2n) is 7.56. The molecule has 30 heavy (non-hydrogen) atoms. The molecule has 0 fully saturated rings. The summed E-state index contributed by atoms with van der Waals surface area (Å²) in [5.74, 6) is -0.580. The first kappa shape index (κ1) is 23.1. The number of carbonyl (C=O) groups is 2. The zero-order chi connectivity index (χ0) is 22.3. The number of rotatable bonds is 9. The first-order valence-electron chi connectivity index (χ1n) is 10.1. The van der Waals surface area contributed by atoms with Crippen LogP contribution in [0.5, 0.6) is 0 Å². The highest BCUT2D eigenvalue weighted by Gasteiger charge is 2.28. The van der Waals surface area contributed by atoms with Gasteiger partial charge < -0.3 is 10.2 Å². The van der Waals surface area contributed by atoms with Gasteiger partial charge in [-0.25, -0.2) is 0 Å². The van der Waals surface area contributed by atoms with E-state index < -0.39 is 11.0 Å². The Kier molecular flexibility index (Phi) is 8.09. The van der Waals surface area contributed by atoms with Gasteiger partial charge in [-0.15, -0.1) is 0 Å². The van der Waals surface area contributed by atoms with E-state index in [1.54, 1.807) is 25.1 Å². The first-order valence-corrected chi connectivity index (χ1v) is 10.1. The molecule has 160 valence electrons. The number of nitro groups is 1. The van der Waals surface area contributed by atoms with Gasteiger partial charge in [-0.3, -0.25) is 19.7 Å². The number of hydrogen-bond donors (Lipinski definition) is 1. The van der Waals surface area contributed by atoms with E-state index in [0.717, 1.165) is 17.5 Å². The van der Waals surface area contributed by atoms with Crippen molar-refractivity contribution in [3.8, 4) is 0 Å². The van der Waals surface area contributed by atoms with Gasteiger partial charge in [0.1, 0.15) is 6.04 Å². The number of para-hydroxylation sites is 1. The summed E-state index contributed by atoms with van der Waals surface area (Å²) in [5, 5.41) is 14.2. The first-order chi connectivity index (χ1) is 14.2. The van der Waals surface area contributed by atoms with E-state index in [1.807, 2.05) is 45.0 Å². The number of nitrogens with zero attached hydrogens (tertiary/aromatic N) is 2. The summed E-state index contributed by atoms with van der Waals surface area (Å²) in [6.07, 6.45) is 0.630. The fourth-order valence-electron chi connectivity index (χ4n) is 3.04. The van der Waals surface area contributed by atoms with E-state index >= 15 is 0 Å². The van der Waals surface area contributed by atoms with Gasteiger partial charge in [0.15, 0.2) is 0 Å². The molecule has 0 heterocycles. The average Bonchev–Trinajstić information content (AvgIpc) is 2.72. The fourth-order valence-corrected chi connectivity index (χ4v) is 3.04. The minimum atomic E-state index is -0.712. The van der Waals surface area contributed by atoms with Gasteiger partial charge in [-0.1, -0.05) is 55.0 Å². The number of carbonyl (C=O) groups excluding carboxylic acids is 2. The van der Waals surface area contributed by atoms with E-state index in [9.17, 15) is 19.7 Å². The third-order valence-electron chi connectivity index (χ3n) is 5.17. The molecule has 1 N–H and O–H groups in total. The van der Waals surface area contributed by atoms with Crippen LogP contribution in [0, 0.1) is 17.0 Å². The number of benzene rings is 2. The van der Waals surface area contributed by atoms with Crippen LogP contribution in [0.3, 0.4) is 0 Å². The molecule has 2 amide bonds. The Morgan fingerprint density at radius 1 is 1.10 bits per heavy atom. The van der Waals surface area contributed by atoms with Crippen LogP contribution in [0.15, 0.2) is 48.5 Å².